The van der Waals surface area contributed by atoms with Gasteiger partial charge >= 0.3 is 5.69 Å². The standard InChI is InChI=1S/C28H27FN6O6/c29-22-13-34(14-23(36)30-20-5-1-3-16(11-20)25(38)32-18-7-8-18)28(41)35(27(22)40)15-24(37)31-21-6-2-4-17(12-21)26(39)33-19-9-10-19/h1-6,11-13,18-19H,7-10,14-15H2,(H,30,36)(H,31,37)(H,32,38)(H,33,39). The third-order valence-corrected chi connectivity index (χ3v) is 6.45. The average molecular weight is 563 g/mol. The first-order valence-corrected chi connectivity index (χ1v) is 13.1. The number of carbonyl (C=O) groups is 4. The van der Waals surface area contributed by atoms with Crippen LogP contribution in [0.1, 0.15) is 46.4 Å². The molecule has 41 heavy (non-hydrogen) atoms. The highest BCUT2D eigenvalue weighted by Crippen LogP contribution is 2.21. The van der Waals surface area contributed by atoms with Crippen molar-refractivity contribution in [3.63, 3.8) is 0 Å². The van der Waals surface area contributed by atoms with Crippen LogP contribution in [0.2, 0.25) is 0 Å². The zero-order valence-electron chi connectivity index (χ0n) is 21.8. The summed E-state index contributed by atoms with van der Waals surface area (Å²) >= 11 is 0. The van der Waals surface area contributed by atoms with Gasteiger partial charge in [0, 0.05) is 34.6 Å². The van der Waals surface area contributed by atoms with Crippen LogP contribution in [0.5, 0.6) is 0 Å². The van der Waals surface area contributed by atoms with Gasteiger partial charge in [0.2, 0.25) is 17.6 Å². The van der Waals surface area contributed by atoms with Crippen LogP contribution in [0.25, 0.3) is 0 Å². The molecule has 2 saturated carbocycles. The van der Waals surface area contributed by atoms with Gasteiger partial charge in [0.1, 0.15) is 13.1 Å². The minimum Gasteiger partial charge on any atom is -0.349 e. The maximum Gasteiger partial charge on any atom is 0.332 e. The molecule has 4 amide bonds. The Hall–Kier alpha value is -5.07. The van der Waals surface area contributed by atoms with Crippen molar-refractivity contribution in [2.45, 2.75) is 50.9 Å². The lowest BCUT2D eigenvalue weighted by Crippen LogP contribution is -2.44. The van der Waals surface area contributed by atoms with Crippen LogP contribution in [-0.2, 0) is 22.7 Å². The van der Waals surface area contributed by atoms with Gasteiger partial charge in [-0.2, -0.15) is 4.39 Å². The number of nitrogens with one attached hydrogen (secondary N) is 4. The van der Waals surface area contributed by atoms with Gasteiger partial charge in [0.25, 0.3) is 17.4 Å². The van der Waals surface area contributed by atoms with Crippen LogP contribution >= 0.6 is 0 Å². The number of carbonyl (C=O) groups excluding carboxylic acids is 4. The summed E-state index contributed by atoms with van der Waals surface area (Å²) in [6.07, 6.45) is 4.26. The zero-order valence-corrected chi connectivity index (χ0v) is 21.8. The van der Waals surface area contributed by atoms with Crippen LogP contribution in [0, 0.1) is 5.82 Å². The molecule has 2 fully saturated rings. The maximum atomic E-state index is 14.4. The van der Waals surface area contributed by atoms with Crippen LogP contribution in [0.4, 0.5) is 15.8 Å². The van der Waals surface area contributed by atoms with Gasteiger partial charge < -0.3 is 21.3 Å². The van der Waals surface area contributed by atoms with E-state index in [1.165, 1.54) is 18.2 Å². The maximum absolute atomic E-state index is 14.4. The molecule has 0 aliphatic heterocycles. The summed E-state index contributed by atoms with van der Waals surface area (Å²) in [6, 6.07) is 12.6. The van der Waals surface area contributed by atoms with Crippen molar-refractivity contribution in [3.05, 3.63) is 92.5 Å². The molecule has 4 N–H and O–H groups in total. The van der Waals surface area contributed by atoms with E-state index < -0.39 is 42.0 Å². The van der Waals surface area contributed by atoms with Crippen molar-refractivity contribution < 1.29 is 23.6 Å². The number of nitrogens with zero attached hydrogens (tertiary/aromatic N) is 2. The molecule has 0 spiro atoms. The molecule has 2 aliphatic rings. The van der Waals surface area contributed by atoms with Crippen LogP contribution in [0.15, 0.2) is 64.3 Å². The summed E-state index contributed by atoms with van der Waals surface area (Å²) in [5, 5.41) is 10.7. The third-order valence-electron chi connectivity index (χ3n) is 6.45. The lowest BCUT2D eigenvalue weighted by Gasteiger charge is -2.12. The Bertz CT molecular complexity index is 1660. The Morgan fingerprint density at radius 3 is 1.73 bits per heavy atom. The predicted octanol–water partition coefficient (Wildman–Crippen LogP) is 1.21. The van der Waals surface area contributed by atoms with Crippen molar-refractivity contribution in [2.75, 3.05) is 10.6 Å². The van der Waals surface area contributed by atoms with Crippen molar-refractivity contribution in [3.8, 4) is 0 Å². The van der Waals surface area contributed by atoms with Gasteiger partial charge in [-0.25, -0.2) is 9.36 Å². The number of hydrogen-bond donors (Lipinski definition) is 4. The fraction of sp³-hybridized carbons (Fsp3) is 0.286. The quantitative estimate of drug-likeness (QED) is 0.291. The van der Waals surface area contributed by atoms with E-state index in [4.69, 9.17) is 0 Å². The molecule has 2 aromatic carbocycles. The minimum absolute atomic E-state index is 0.147. The summed E-state index contributed by atoms with van der Waals surface area (Å²) in [6.45, 7) is -1.48. The molecule has 0 bridgehead atoms. The lowest BCUT2D eigenvalue weighted by molar-refractivity contribution is -0.117. The van der Waals surface area contributed by atoms with Gasteiger partial charge in [0.05, 0.1) is 6.20 Å². The molecule has 1 heterocycles. The van der Waals surface area contributed by atoms with E-state index in [9.17, 15) is 33.2 Å². The molecule has 5 rings (SSSR count). The summed E-state index contributed by atoms with van der Waals surface area (Å²) in [5.41, 5.74) is -1.21. The first-order chi connectivity index (χ1) is 19.7. The number of aromatic nitrogens is 2. The van der Waals surface area contributed by atoms with E-state index >= 15 is 0 Å². The highest BCUT2D eigenvalue weighted by atomic mass is 19.1. The van der Waals surface area contributed by atoms with E-state index in [0.29, 0.717) is 26.5 Å². The summed E-state index contributed by atoms with van der Waals surface area (Å²) in [5.74, 6) is -3.43. The number of benzene rings is 2. The van der Waals surface area contributed by atoms with Gasteiger partial charge in [-0.15, -0.1) is 0 Å². The van der Waals surface area contributed by atoms with E-state index in [1.807, 2.05) is 0 Å². The highest BCUT2D eigenvalue weighted by Gasteiger charge is 2.25. The summed E-state index contributed by atoms with van der Waals surface area (Å²) in [7, 11) is 0. The molecule has 13 heteroatoms. The van der Waals surface area contributed by atoms with Crippen molar-refractivity contribution in [1.82, 2.24) is 19.8 Å². The van der Waals surface area contributed by atoms with Crippen LogP contribution < -0.4 is 32.5 Å². The Labute approximate surface area is 232 Å². The van der Waals surface area contributed by atoms with Crippen LogP contribution in [0.3, 0.4) is 0 Å². The number of amides is 4. The SMILES string of the molecule is O=C(Cn1cc(F)c(=O)n(CC(=O)Nc2cccc(C(=O)NC3CC3)c2)c1=O)Nc1cccc(C(=O)NC2CC2)c1. The molecule has 0 unspecified atom stereocenters. The molecule has 212 valence electrons. The predicted molar refractivity (Wildman–Crippen MR) is 146 cm³/mol. The molecule has 1 aromatic heterocycles. The van der Waals surface area contributed by atoms with Gasteiger partial charge in [0.15, 0.2) is 0 Å². The molecule has 0 saturated heterocycles. The average Bonchev–Trinajstić information content (AvgIpc) is 3.88. The Balaban J connectivity index is 1.25. The van der Waals surface area contributed by atoms with Crippen molar-refractivity contribution >= 4 is 35.0 Å². The molecular formula is C28H27FN6O6. The van der Waals surface area contributed by atoms with Crippen molar-refractivity contribution in [2.24, 2.45) is 0 Å². The third kappa shape index (κ3) is 7.12. The van der Waals surface area contributed by atoms with E-state index in [1.54, 1.807) is 30.3 Å². The second-order valence-electron chi connectivity index (χ2n) is 10.0. The summed E-state index contributed by atoms with van der Waals surface area (Å²) in [4.78, 5) is 75.1. The molecular weight excluding hydrogens is 535 g/mol. The monoisotopic (exact) mass is 562 g/mol. The molecule has 0 atom stereocenters. The van der Waals surface area contributed by atoms with Gasteiger partial charge in [-0.1, -0.05) is 12.1 Å². The molecule has 3 aromatic rings. The number of halogens is 1. The fourth-order valence-corrected chi connectivity index (χ4v) is 4.04. The number of anilines is 2. The van der Waals surface area contributed by atoms with E-state index in [2.05, 4.69) is 21.3 Å². The largest absolute Gasteiger partial charge is 0.349 e. The Morgan fingerprint density at radius 2 is 1.24 bits per heavy atom. The topological polar surface area (TPSA) is 160 Å². The first kappa shape index (κ1) is 27.5. The molecule has 0 radical (unpaired) electrons. The van der Waals surface area contributed by atoms with E-state index in [-0.39, 0.29) is 35.3 Å². The molecule has 2 aliphatic carbocycles. The van der Waals surface area contributed by atoms with Crippen LogP contribution in [-0.4, -0.2) is 44.8 Å². The minimum atomic E-state index is -1.33. The smallest absolute Gasteiger partial charge is 0.332 e. The Morgan fingerprint density at radius 1 is 0.756 bits per heavy atom. The number of hydrogen-bond acceptors (Lipinski definition) is 6. The second kappa shape index (κ2) is 11.6. The number of rotatable bonds is 10. The van der Waals surface area contributed by atoms with Crippen molar-refractivity contribution in [1.29, 1.82) is 0 Å². The fourth-order valence-electron chi connectivity index (χ4n) is 4.04. The lowest BCUT2D eigenvalue weighted by atomic mass is 10.2. The zero-order chi connectivity index (χ0) is 29.1. The van der Waals surface area contributed by atoms with Gasteiger partial charge in [-0.05, 0) is 62.1 Å². The normalized spacial score (nSPS) is 14.2. The second-order valence-corrected chi connectivity index (χ2v) is 10.0. The highest BCUT2D eigenvalue weighted by molar-refractivity contribution is 5.98. The van der Waals surface area contributed by atoms with Gasteiger partial charge in [-0.3, -0.25) is 28.5 Å². The molecule has 12 nitrogen and oxygen atoms in total. The van der Waals surface area contributed by atoms with E-state index in [0.717, 1.165) is 25.7 Å². The first-order valence-electron chi connectivity index (χ1n) is 13.1. The summed E-state index contributed by atoms with van der Waals surface area (Å²) < 4.78 is 15.5. The Kier molecular flexibility index (Phi) is 7.77.